The summed E-state index contributed by atoms with van der Waals surface area (Å²) in [5.41, 5.74) is 0. The van der Waals surface area contributed by atoms with Gasteiger partial charge in [0.25, 0.3) is 0 Å². The highest BCUT2D eigenvalue weighted by Crippen LogP contribution is 2.16. The normalized spacial score (nSPS) is 15.6. The first-order valence-corrected chi connectivity index (χ1v) is 11.1. The summed E-state index contributed by atoms with van der Waals surface area (Å²) in [5.74, 6) is 3.01. The van der Waals surface area contributed by atoms with E-state index in [4.69, 9.17) is 9.47 Å². The Hall–Kier alpha value is -0.120. The first-order valence-electron chi connectivity index (χ1n) is 11.1. The van der Waals surface area contributed by atoms with E-state index < -0.39 is 0 Å². The molecule has 0 heterocycles. The molecule has 3 atom stereocenters. The van der Waals surface area contributed by atoms with Crippen LogP contribution < -0.4 is 0 Å². The molecule has 0 spiro atoms. The molecule has 0 aliphatic heterocycles. The summed E-state index contributed by atoms with van der Waals surface area (Å²) in [6.07, 6.45) is 9.82. The fraction of sp³-hybridized carbons (Fsp3) is 1.00. The smallest absolute Gasteiger partial charge is 0.104 e. The molecule has 0 bridgehead atoms. The lowest BCUT2D eigenvalue weighted by atomic mass is 9.97. The average molecular weight is 373 g/mol. The standard InChI is InChI=1S/C23H48O3/c1-19(2)9-7-11-21(5)13-15-25-18-23(17-24)26-16-14-22(6)12-8-10-20(3)4/h19-24H,7-18H2,1-6H3. The van der Waals surface area contributed by atoms with Crippen LogP contribution in [0.5, 0.6) is 0 Å². The van der Waals surface area contributed by atoms with E-state index in [1.165, 1.54) is 38.5 Å². The van der Waals surface area contributed by atoms with E-state index >= 15 is 0 Å². The zero-order valence-corrected chi connectivity index (χ0v) is 18.6. The van der Waals surface area contributed by atoms with Crippen molar-refractivity contribution < 1.29 is 14.6 Å². The number of aliphatic hydroxyl groups is 1. The van der Waals surface area contributed by atoms with E-state index in [0.29, 0.717) is 18.4 Å². The van der Waals surface area contributed by atoms with Gasteiger partial charge in [-0.05, 0) is 36.5 Å². The molecule has 0 aromatic heterocycles. The number of aliphatic hydroxyl groups excluding tert-OH is 1. The van der Waals surface area contributed by atoms with Crippen molar-refractivity contribution in [3.63, 3.8) is 0 Å². The molecule has 3 heteroatoms. The van der Waals surface area contributed by atoms with E-state index in [1.54, 1.807) is 0 Å². The van der Waals surface area contributed by atoms with Crippen LogP contribution in [0.3, 0.4) is 0 Å². The Morgan fingerprint density at radius 1 is 0.654 bits per heavy atom. The van der Waals surface area contributed by atoms with Gasteiger partial charge in [0.05, 0.1) is 13.2 Å². The SMILES string of the molecule is CC(C)CCCC(C)CCOCC(CO)OCCC(C)CCCC(C)C. The lowest BCUT2D eigenvalue weighted by Gasteiger charge is -2.18. The average Bonchev–Trinajstić information content (AvgIpc) is 2.56. The van der Waals surface area contributed by atoms with Crippen LogP contribution in [0.15, 0.2) is 0 Å². The lowest BCUT2D eigenvalue weighted by molar-refractivity contribution is -0.0471. The molecule has 3 nitrogen and oxygen atoms in total. The fourth-order valence-corrected chi connectivity index (χ4v) is 3.13. The molecule has 0 saturated heterocycles. The minimum Gasteiger partial charge on any atom is -0.394 e. The second-order valence-corrected chi connectivity index (χ2v) is 9.19. The number of hydrogen-bond acceptors (Lipinski definition) is 3. The topological polar surface area (TPSA) is 38.7 Å². The minimum absolute atomic E-state index is 0.0473. The Morgan fingerprint density at radius 2 is 1.15 bits per heavy atom. The fourth-order valence-electron chi connectivity index (χ4n) is 3.13. The van der Waals surface area contributed by atoms with Crippen molar-refractivity contribution in [2.75, 3.05) is 26.4 Å². The highest BCUT2D eigenvalue weighted by Gasteiger charge is 2.11. The maximum absolute atomic E-state index is 9.47. The Balaban J connectivity index is 3.64. The second kappa shape index (κ2) is 17.0. The molecule has 0 radical (unpaired) electrons. The van der Waals surface area contributed by atoms with E-state index in [-0.39, 0.29) is 12.7 Å². The quantitative estimate of drug-likeness (QED) is 0.296. The highest BCUT2D eigenvalue weighted by atomic mass is 16.5. The van der Waals surface area contributed by atoms with Gasteiger partial charge in [-0.1, -0.05) is 80.1 Å². The van der Waals surface area contributed by atoms with Crippen molar-refractivity contribution in [1.29, 1.82) is 0 Å². The second-order valence-electron chi connectivity index (χ2n) is 9.19. The summed E-state index contributed by atoms with van der Waals surface area (Å²) in [6, 6.07) is 0. The summed E-state index contributed by atoms with van der Waals surface area (Å²) < 4.78 is 11.6. The van der Waals surface area contributed by atoms with Crippen molar-refractivity contribution >= 4 is 0 Å². The van der Waals surface area contributed by atoms with Crippen molar-refractivity contribution in [2.24, 2.45) is 23.7 Å². The van der Waals surface area contributed by atoms with E-state index in [2.05, 4.69) is 41.5 Å². The van der Waals surface area contributed by atoms with Crippen LogP contribution in [-0.2, 0) is 9.47 Å². The van der Waals surface area contributed by atoms with Gasteiger partial charge in [0.2, 0.25) is 0 Å². The Morgan fingerprint density at radius 3 is 1.62 bits per heavy atom. The molecule has 0 aliphatic rings. The molecule has 0 saturated carbocycles. The van der Waals surface area contributed by atoms with Gasteiger partial charge < -0.3 is 14.6 Å². The first-order chi connectivity index (χ1) is 12.3. The maximum atomic E-state index is 9.47. The summed E-state index contributed by atoms with van der Waals surface area (Å²) in [7, 11) is 0. The Labute approximate surface area is 164 Å². The molecule has 0 aromatic rings. The Bertz CT molecular complexity index is 291. The van der Waals surface area contributed by atoms with Crippen molar-refractivity contribution in [1.82, 2.24) is 0 Å². The molecule has 1 N–H and O–H groups in total. The van der Waals surface area contributed by atoms with Gasteiger partial charge >= 0.3 is 0 Å². The van der Waals surface area contributed by atoms with E-state index in [1.807, 2.05) is 0 Å². The van der Waals surface area contributed by atoms with Crippen molar-refractivity contribution in [3.8, 4) is 0 Å². The largest absolute Gasteiger partial charge is 0.394 e. The third kappa shape index (κ3) is 17.3. The summed E-state index contributed by atoms with van der Waals surface area (Å²) in [4.78, 5) is 0. The monoisotopic (exact) mass is 372 g/mol. The van der Waals surface area contributed by atoms with Crippen LogP contribution in [0, 0.1) is 23.7 Å². The van der Waals surface area contributed by atoms with Crippen molar-refractivity contribution in [3.05, 3.63) is 0 Å². The molecule has 0 fully saturated rings. The first kappa shape index (κ1) is 25.9. The van der Waals surface area contributed by atoms with Crippen LogP contribution in [0.4, 0.5) is 0 Å². The molecule has 3 unspecified atom stereocenters. The zero-order chi connectivity index (χ0) is 19.8. The van der Waals surface area contributed by atoms with Gasteiger partial charge in [-0.2, -0.15) is 0 Å². The van der Waals surface area contributed by atoms with Crippen LogP contribution in [-0.4, -0.2) is 37.6 Å². The molecule has 26 heavy (non-hydrogen) atoms. The van der Waals surface area contributed by atoms with Crippen LogP contribution >= 0.6 is 0 Å². The zero-order valence-electron chi connectivity index (χ0n) is 18.6. The summed E-state index contributed by atoms with van der Waals surface area (Å²) in [6.45, 7) is 15.8. The molecule has 0 aliphatic carbocycles. The van der Waals surface area contributed by atoms with Gasteiger partial charge in [-0.3, -0.25) is 0 Å². The summed E-state index contributed by atoms with van der Waals surface area (Å²) >= 11 is 0. The van der Waals surface area contributed by atoms with Crippen molar-refractivity contribution in [2.45, 2.75) is 99.0 Å². The van der Waals surface area contributed by atoms with Gasteiger partial charge in [0.1, 0.15) is 6.10 Å². The third-order valence-electron chi connectivity index (χ3n) is 5.18. The van der Waals surface area contributed by atoms with Gasteiger partial charge in [0.15, 0.2) is 0 Å². The summed E-state index contributed by atoms with van der Waals surface area (Å²) in [5, 5.41) is 9.47. The van der Waals surface area contributed by atoms with Crippen LogP contribution in [0.2, 0.25) is 0 Å². The minimum atomic E-state index is -0.172. The molecule has 158 valence electrons. The molecule has 0 amide bonds. The van der Waals surface area contributed by atoms with Gasteiger partial charge in [-0.15, -0.1) is 0 Å². The van der Waals surface area contributed by atoms with Crippen LogP contribution in [0.1, 0.15) is 92.9 Å². The molecule has 0 rings (SSSR count). The number of hydrogen-bond donors (Lipinski definition) is 1. The van der Waals surface area contributed by atoms with Gasteiger partial charge in [-0.25, -0.2) is 0 Å². The molecular weight excluding hydrogens is 324 g/mol. The van der Waals surface area contributed by atoms with Gasteiger partial charge in [0, 0.05) is 13.2 Å². The predicted molar refractivity (Wildman–Crippen MR) is 113 cm³/mol. The third-order valence-corrected chi connectivity index (χ3v) is 5.18. The molecule has 0 aromatic carbocycles. The maximum Gasteiger partial charge on any atom is 0.104 e. The number of rotatable bonds is 18. The number of ether oxygens (including phenoxy) is 2. The highest BCUT2D eigenvalue weighted by molar-refractivity contribution is 4.59. The van der Waals surface area contributed by atoms with Crippen LogP contribution in [0.25, 0.3) is 0 Å². The van der Waals surface area contributed by atoms with E-state index in [0.717, 1.165) is 37.9 Å². The van der Waals surface area contributed by atoms with E-state index in [9.17, 15) is 5.11 Å². The molecular formula is C23H48O3. The Kier molecular flexibility index (Phi) is 16.9. The lowest BCUT2D eigenvalue weighted by Crippen LogP contribution is -2.25. The predicted octanol–water partition coefficient (Wildman–Crippen LogP) is 6.09.